The van der Waals surface area contributed by atoms with E-state index in [1.54, 1.807) is 0 Å². The summed E-state index contributed by atoms with van der Waals surface area (Å²) in [5, 5.41) is 0. The zero-order chi connectivity index (χ0) is 51.4. The van der Waals surface area contributed by atoms with Gasteiger partial charge in [0.1, 0.15) is 13.2 Å². The fourth-order valence-corrected chi connectivity index (χ4v) is 7.90. The average molecular weight is 986 g/mol. The Hall–Kier alpha value is -3.93. The molecule has 0 amide bonds. The molecule has 0 saturated carbocycles. The Kier molecular flexibility index (Phi) is 55.4. The maximum absolute atomic E-state index is 12.9. The van der Waals surface area contributed by atoms with E-state index in [2.05, 4.69) is 130 Å². The van der Waals surface area contributed by atoms with Crippen molar-refractivity contribution in [1.82, 2.24) is 0 Å². The maximum atomic E-state index is 12.9. The minimum absolute atomic E-state index is 0.104. The van der Waals surface area contributed by atoms with Crippen LogP contribution in [0.25, 0.3) is 0 Å². The molecule has 0 aliphatic carbocycles. The highest BCUT2D eigenvalue weighted by molar-refractivity contribution is 5.71. The van der Waals surface area contributed by atoms with E-state index in [0.717, 1.165) is 135 Å². The van der Waals surface area contributed by atoms with Gasteiger partial charge in [0.2, 0.25) is 0 Å². The number of carbonyl (C=O) groups excluding carboxylic acids is 3. The highest BCUT2D eigenvalue weighted by Gasteiger charge is 2.19. The van der Waals surface area contributed by atoms with Crippen LogP contribution in [-0.2, 0) is 28.6 Å². The summed E-state index contributed by atoms with van der Waals surface area (Å²) in [6.45, 7) is 6.46. The Morgan fingerprint density at radius 3 is 1.00 bits per heavy atom. The first-order chi connectivity index (χ1) is 35.0. The number of esters is 3. The number of rotatable bonds is 52. The van der Waals surface area contributed by atoms with Crippen LogP contribution in [0.2, 0.25) is 0 Å². The standard InChI is InChI=1S/C65H108O6/c1-4-7-10-13-16-19-22-25-28-31-33-35-37-40-43-46-49-52-55-58-64(67)70-61-62(60-69-63(66)57-54-51-48-45-42-39-36-30-27-24-21-18-15-12-9-6-3)71-65(68)59-56-53-50-47-44-41-38-34-32-29-26-23-20-17-14-11-8-5-2/h7,10,16,19,23,25-26,28-30,32-36,38-39,42,62H,4-6,8-9,11-15,17-18,20-22,24,27,31,37,40-41,43-61H2,1-3H3/b10-7-,19-16-,26-23-,28-25-,32-29-,35-33-,36-30-,38-34-,42-39-. The molecule has 0 aromatic heterocycles. The van der Waals surface area contributed by atoms with Crippen LogP contribution in [0.5, 0.6) is 0 Å². The van der Waals surface area contributed by atoms with Crippen LogP contribution in [0.1, 0.15) is 265 Å². The van der Waals surface area contributed by atoms with E-state index in [-0.39, 0.29) is 31.1 Å². The first kappa shape index (κ1) is 67.1. The number of unbranched alkanes of at least 4 members (excludes halogenated alkanes) is 26. The van der Waals surface area contributed by atoms with Gasteiger partial charge in [-0.2, -0.15) is 0 Å². The minimum Gasteiger partial charge on any atom is -0.462 e. The van der Waals surface area contributed by atoms with Gasteiger partial charge in [-0.25, -0.2) is 0 Å². The van der Waals surface area contributed by atoms with Crippen LogP contribution < -0.4 is 0 Å². The molecule has 0 rings (SSSR count). The van der Waals surface area contributed by atoms with Crippen LogP contribution in [0.3, 0.4) is 0 Å². The highest BCUT2D eigenvalue weighted by Crippen LogP contribution is 2.14. The molecule has 0 aromatic rings. The predicted octanol–water partition coefficient (Wildman–Crippen LogP) is 19.9. The number of allylic oxidation sites excluding steroid dienone is 18. The van der Waals surface area contributed by atoms with Crippen molar-refractivity contribution in [3.05, 3.63) is 109 Å². The lowest BCUT2D eigenvalue weighted by Crippen LogP contribution is -2.30. The second-order valence-corrected chi connectivity index (χ2v) is 19.3. The molecular formula is C65H108O6. The SMILES string of the molecule is CC/C=C\C/C=C\C/C=C\C/C=C\CCCCCCCCC(=O)OCC(COC(=O)CCCCC/C=C\C=C/CCCCCCCCC)OC(=O)CCCCCCC\C=C/C=C\C=C/CCCCCCC. The molecule has 0 radical (unpaired) electrons. The van der Waals surface area contributed by atoms with E-state index in [1.807, 2.05) is 0 Å². The Bertz CT molecular complexity index is 1460. The van der Waals surface area contributed by atoms with Crippen molar-refractivity contribution in [2.24, 2.45) is 0 Å². The monoisotopic (exact) mass is 985 g/mol. The topological polar surface area (TPSA) is 78.9 Å². The number of hydrogen-bond donors (Lipinski definition) is 0. The molecule has 0 aliphatic rings. The van der Waals surface area contributed by atoms with Crippen LogP contribution >= 0.6 is 0 Å². The third-order valence-electron chi connectivity index (χ3n) is 12.3. The molecule has 0 spiro atoms. The van der Waals surface area contributed by atoms with Crippen LogP contribution in [0, 0.1) is 0 Å². The van der Waals surface area contributed by atoms with E-state index in [0.29, 0.717) is 19.3 Å². The quantitative estimate of drug-likeness (QED) is 0.0199. The summed E-state index contributed by atoms with van der Waals surface area (Å²) in [5.74, 6) is -0.962. The lowest BCUT2D eigenvalue weighted by Gasteiger charge is -2.18. The van der Waals surface area contributed by atoms with Gasteiger partial charge in [-0.05, 0) is 109 Å². The van der Waals surface area contributed by atoms with Gasteiger partial charge in [-0.1, -0.05) is 246 Å². The summed E-state index contributed by atoms with van der Waals surface area (Å²) in [6.07, 6.45) is 79.3. The molecule has 0 bridgehead atoms. The van der Waals surface area contributed by atoms with E-state index >= 15 is 0 Å². The van der Waals surface area contributed by atoms with Crippen LogP contribution in [0.4, 0.5) is 0 Å². The van der Waals surface area contributed by atoms with E-state index < -0.39 is 6.10 Å². The minimum atomic E-state index is -0.809. The van der Waals surface area contributed by atoms with E-state index in [4.69, 9.17) is 14.2 Å². The van der Waals surface area contributed by atoms with Crippen molar-refractivity contribution >= 4 is 17.9 Å². The molecule has 0 N–H and O–H groups in total. The first-order valence-electron chi connectivity index (χ1n) is 29.4. The van der Waals surface area contributed by atoms with Crippen molar-refractivity contribution in [1.29, 1.82) is 0 Å². The van der Waals surface area contributed by atoms with Crippen molar-refractivity contribution < 1.29 is 28.6 Å². The molecular weight excluding hydrogens is 877 g/mol. The Morgan fingerprint density at radius 1 is 0.310 bits per heavy atom. The van der Waals surface area contributed by atoms with Crippen molar-refractivity contribution in [2.45, 2.75) is 271 Å². The lowest BCUT2D eigenvalue weighted by atomic mass is 10.1. The second-order valence-electron chi connectivity index (χ2n) is 19.3. The van der Waals surface area contributed by atoms with Gasteiger partial charge in [-0.3, -0.25) is 14.4 Å². The van der Waals surface area contributed by atoms with Gasteiger partial charge in [0.25, 0.3) is 0 Å². The third-order valence-corrected chi connectivity index (χ3v) is 12.3. The summed E-state index contributed by atoms with van der Waals surface area (Å²) < 4.78 is 16.8. The molecule has 6 heteroatoms. The van der Waals surface area contributed by atoms with Crippen molar-refractivity contribution in [3.63, 3.8) is 0 Å². The lowest BCUT2D eigenvalue weighted by molar-refractivity contribution is -0.167. The predicted molar refractivity (Wildman–Crippen MR) is 307 cm³/mol. The molecule has 1 atom stereocenters. The first-order valence-corrected chi connectivity index (χ1v) is 29.4. The molecule has 404 valence electrons. The third kappa shape index (κ3) is 56.9. The smallest absolute Gasteiger partial charge is 0.306 e. The summed E-state index contributed by atoms with van der Waals surface area (Å²) >= 11 is 0. The van der Waals surface area contributed by atoms with Crippen molar-refractivity contribution in [2.75, 3.05) is 13.2 Å². The zero-order valence-corrected chi connectivity index (χ0v) is 46.2. The molecule has 0 aliphatic heterocycles. The van der Waals surface area contributed by atoms with Crippen LogP contribution in [-0.4, -0.2) is 37.2 Å². The number of hydrogen-bond acceptors (Lipinski definition) is 6. The summed E-state index contributed by atoms with van der Waals surface area (Å²) in [5.41, 5.74) is 0. The maximum Gasteiger partial charge on any atom is 0.306 e. The largest absolute Gasteiger partial charge is 0.462 e. The van der Waals surface area contributed by atoms with Crippen molar-refractivity contribution in [3.8, 4) is 0 Å². The van der Waals surface area contributed by atoms with Crippen LogP contribution in [0.15, 0.2) is 109 Å². The molecule has 0 fully saturated rings. The van der Waals surface area contributed by atoms with E-state index in [1.165, 1.54) is 89.9 Å². The number of carbonyl (C=O) groups is 3. The number of ether oxygens (including phenoxy) is 3. The van der Waals surface area contributed by atoms with Gasteiger partial charge in [0, 0.05) is 19.3 Å². The van der Waals surface area contributed by atoms with Gasteiger partial charge in [-0.15, -0.1) is 0 Å². The van der Waals surface area contributed by atoms with Gasteiger partial charge in [0.15, 0.2) is 6.10 Å². The fourth-order valence-electron chi connectivity index (χ4n) is 7.90. The molecule has 71 heavy (non-hydrogen) atoms. The Labute approximate surface area is 438 Å². The highest BCUT2D eigenvalue weighted by atomic mass is 16.6. The van der Waals surface area contributed by atoms with Gasteiger partial charge >= 0.3 is 17.9 Å². The molecule has 0 heterocycles. The summed E-state index contributed by atoms with van der Waals surface area (Å²) in [7, 11) is 0. The van der Waals surface area contributed by atoms with E-state index in [9.17, 15) is 14.4 Å². The summed E-state index contributed by atoms with van der Waals surface area (Å²) in [6, 6.07) is 0. The normalized spacial score (nSPS) is 12.9. The molecule has 1 unspecified atom stereocenters. The molecule has 0 saturated heterocycles. The Morgan fingerprint density at radius 2 is 0.606 bits per heavy atom. The van der Waals surface area contributed by atoms with Gasteiger partial charge in [0.05, 0.1) is 0 Å². The summed E-state index contributed by atoms with van der Waals surface area (Å²) in [4.78, 5) is 38.2. The second kappa shape index (κ2) is 58.6. The Balaban J connectivity index is 4.51. The molecule has 6 nitrogen and oxygen atoms in total. The fraction of sp³-hybridized carbons (Fsp3) is 0.677. The molecule has 0 aromatic carbocycles. The van der Waals surface area contributed by atoms with Gasteiger partial charge < -0.3 is 14.2 Å². The zero-order valence-electron chi connectivity index (χ0n) is 46.2. The average Bonchev–Trinajstić information content (AvgIpc) is 3.37.